The molecule has 138 valence electrons. The van der Waals surface area contributed by atoms with E-state index in [0.717, 1.165) is 15.6 Å². The van der Waals surface area contributed by atoms with Crippen molar-refractivity contribution >= 4 is 45.0 Å². The lowest BCUT2D eigenvalue weighted by Crippen LogP contribution is -2.40. The van der Waals surface area contributed by atoms with Gasteiger partial charge in [0.25, 0.3) is 5.91 Å². The summed E-state index contributed by atoms with van der Waals surface area (Å²) in [6.45, 7) is 5.23. The first-order valence-electron chi connectivity index (χ1n) is 8.03. The highest BCUT2D eigenvalue weighted by Crippen LogP contribution is 2.23. The molecule has 0 bridgehead atoms. The maximum Gasteiger partial charge on any atom is 0.261 e. The fourth-order valence-electron chi connectivity index (χ4n) is 2.26. The van der Waals surface area contributed by atoms with Crippen molar-refractivity contribution in [3.63, 3.8) is 0 Å². The third-order valence-electron chi connectivity index (χ3n) is 3.70. The zero-order chi connectivity index (χ0) is 19.3. The number of hydrogen-bond donors (Lipinski definition) is 2. The van der Waals surface area contributed by atoms with Crippen LogP contribution < -0.4 is 15.4 Å². The molecule has 0 aliphatic carbocycles. The Morgan fingerprint density at radius 3 is 2.54 bits per heavy atom. The Morgan fingerprint density at radius 2 is 1.88 bits per heavy atom. The number of amides is 2. The number of ether oxygens (including phenoxy) is 1. The van der Waals surface area contributed by atoms with Crippen LogP contribution >= 0.6 is 27.5 Å². The summed E-state index contributed by atoms with van der Waals surface area (Å²) < 4.78 is 6.57. The van der Waals surface area contributed by atoms with Crippen molar-refractivity contribution in [3.05, 3.63) is 57.0 Å². The van der Waals surface area contributed by atoms with E-state index in [2.05, 4.69) is 26.6 Å². The number of rotatable bonds is 6. The lowest BCUT2D eigenvalue weighted by molar-refractivity contribution is -0.129. The second-order valence-corrected chi connectivity index (χ2v) is 7.25. The second kappa shape index (κ2) is 9.05. The van der Waals surface area contributed by atoms with E-state index in [4.69, 9.17) is 16.3 Å². The van der Waals surface area contributed by atoms with Gasteiger partial charge in [-0.05, 0) is 68.3 Å². The summed E-state index contributed by atoms with van der Waals surface area (Å²) in [6, 6.07) is 10.7. The first-order valence-corrected chi connectivity index (χ1v) is 9.20. The van der Waals surface area contributed by atoms with Crippen molar-refractivity contribution in [3.8, 4) is 5.75 Å². The molecule has 0 heterocycles. The molecule has 0 aliphatic heterocycles. The number of nitrogens with one attached hydrogen (secondary N) is 2. The van der Waals surface area contributed by atoms with Crippen LogP contribution in [-0.2, 0) is 9.59 Å². The second-order valence-electron chi connectivity index (χ2n) is 5.90. The van der Waals surface area contributed by atoms with Crippen LogP contribution in [0.1, 0.15) is 18.1 Å². The number of hydrogen-bond acceptors (Lipinski definition) is 3. The summed E-state index contributed by atoms with van der Waals surface area (Å²) in [6.07, 6.45) is -0.739. The number of carbonyl (C=O) groups excluding carboxylic acids is 2. The van der Waals surface area contributed by atoms with Crippen molar-refractivity contribution < 1.29 is 14.3 Å². The standard InChI is InChI=1S/C19H20BrClN2O3/c1-11-8-14(20)4-6-16(11)23-18(24)10-22-19(25)13(3)26-17-7-5-15(21)9-12(17)2/h4-9,13H,10H2,1-3H3,(H,22,25)(H,23,24). The highest BCUT2D eigenvalue weighted by Gasteiger charge is 2.17. The van der Waals surface area contributed by atoms with E-state index >= 15 is 0 Å². The van der Waals surface area contributed by atoms with Gasteiger partial charge in [-0.1, -0.05) is 27.5 Å². The molecule has 0 fully saturated rings. The van der Waals surface area contributed by atoms with Gasteiger partial charge in [-0.25, -0.2) is 0 Å². The van der Waals surface area contributed by atoms with E-state index in [1.807, 2.05) is 26.0 Å². The summed E-state index contributed by atoms with van der Waals surface area (Å²) in [7, 11) is 0. The molecule has 0 saturated heterocycles. The Morgan fingerprint density at radius 1 is 1.15 bits per heavy atom. The van der Waals surface area contributed by atoms with Crippen molar-refractivity contribution in [2.24, 2.45) is 0 Å². The first kappa shape index (κ1) is 20.3. The van der Waals surface area contributed by atoms with Gasteiger partial charge in [0.15, 0.2) is 6.10 Å². The zero-order valence-corrected chi connectivity index (χ0v) is 17.1. The largest absolute Gasteiger partial charge is 0.481 e. The van der Waals surface area contributed by atoms with Crippen molar-refractivity contribution in [1.29, 1.82) is 0 Å². The fourth-order valence-corrected chi connectivity index (χ4v) is 2.96. The molecule has 2 aromatic carbocycles. The molecular formula is C19H20BrClN2O3. The molecule has 5 nitrogen and oxygen atoms in total. The van der Waals surface area contributed by atoms with E-state index in [1.54, 1.807) is 31.2 Å². The van der Waals surface area contributed by atoms with Gasteiger partial charge in [0, 0.05) is 15.2 Å². The average molecular weight is 440 g/mol. The molecule has 1 atom stereocenters. The molecular weight excluding hydrogens is 420 g/mol. The van der Waals surface area contributed by atoms with Crippen molar-refractivity contribution in [2.45, 2.75) is 26.9 Å². The van der Waals surface area contributed by atoms with Crippen LogP contribution in [0.4, 0.5) is 5.69 Å². The number of aryl methyl sites for hydroxylation is 2. The van der Waals surface area contributed by atoms with Gasteiger partial charge in [-0.15, -0.1) is 0 Å². The van der Waals surface area contributed by atoms with Crippen molar-refractivity contribution in [2.75, 3.05) is 11.9 Å². The van der Waals surface area contributed by atoms with E-state index in [9.17, 15) is 9.59 Å². The molecule has 26 heavy (non-hydrogen) atoms. The number of carbonyl (C=O) groups is 2. The minimum Gasteiger partial charge on any atom is -0.481 e. The van der Waals surface area contributed by atoms with Gasteiger partial charge in [-0.2, -0.15) is 0 Å². The summed E-state index contributed by atoms with van der Waals surface area (Å²) in [5.74, 6) is -0.104. The molecule has 0 spiro atoms. The normalized spacial score (nSPS) is 11.6. The van der Waals surface area contributed by atoms with Crippen LogP contribution in [0.3, 0.4) is 0 Å². The zero-order valence-electron chi connectivity index (χ0n) is 14.7. The van der Waals surface area contributed by atoms with Gasteiger partial charge in [0.2, 0.25) is 5.91 Å². The third kappa shape index (κ3) is 5.75. The molecule has 2 amide bonds. The SMILES string of the molecule is Cc1cc(Br)ccc1NC(=O)CNC(=O)C(C)Oc1ccc(Cl)cc1C. The van der Waals surface area contributed by atoms with Gasteiger partial charge in [0.1, 0.15) is 5.75 Å². The number of halogens is 2. The van der Waals surface area contributed by atoms with E-state index in [-0.39, 0.29) is 18.4 Å². The van der Waals surface area contributed by atoms with E-state index in [0.29, 0.717) is 16.5 Å². The van der Waals surface area contributed by atoms with Crippen LogP contribution in [0.5, 0.6) is 5.75 Å². The highest BCUT2D eigenvalue weighted by molar-refractivity contribution is 9.10. The Kier molecular flexibility index (Phi) is 7.06. The van der Waals surface area contributed by atoms with E-state index in [1.165, 1.54) is 0 Å². The molecule has 2 aromatic rings. The van der Waals surface area contributed by atoms with Crippen LogP contribution in [0.25, 0.3) is 0 Å². The van der Waals surface area contributed by atoms with Gasteiger partial charge in [0.05, 0.1) is 6.54 Å². The topological polar surface area (TPSA) is 67.4 Å². The smallest absolute Gasteiger partial charge is 0.261 e. The Hall–Kier alpha value is -2.05. The predicted octanol–water partition coefficient (Wildman–Crippen LogP) is 4.24. The number of benzene rings is 2. The number of anilines is 1. The molecule has 2 rings (SSSR count). The van der Waals surface area contributed by atoms with Gasteiger partial charge in [-0.3, -0.25) is 9.59 Å². The molecule has 0 saturated carbocycles. The first-order chi connectivity index (χ1) is 12.3. The Labute approximate surface area is 166 Å². The van der Waals surface area contributed by atoms with Crippen LogP contribution in [0.2, 0.25) is 5.02 Å². The maximum absolute atomic E-state index is 12.1. The Bertz CT molecular complexity index is 826. The predicted molar refractivity (Wildman–Crippen MR) is 107 cm³/mol. The van der Waals surface area contributed by atoms with Crippen LogP contribution in [-0.4, -0.2) is 24.5 Å². The summed E-state index contributed by atoms with van der Waals surface area (Å²) in [5.41, 5.74) is 2.46. The van der Waals surface area contributed by atoms with Crippen molar-refractivity contribution in [1.82, 2.24) is 5.32 Å². The minimum atomic E-state index is -0.739. The lowest BCUT2D eigenvalue weighted by atomic mass is 10.2. The fraction of sp³-hybridized carbons (Fsp3) is 0.263. The monoisotopic (exact) mass is 438 g/mol. The van der Waals surface area contributed by atoms with E-state index < -0.39 is 6.10 Å². The quantitative estimate of drug-likeness (QED) is 0.707. The summed E-state index contributed by atoms with van der Waals surface area (Å²) in [5, 5.41) is 5.94. The average Bonchev–Trinajstić information content (AvgIpc) is 2.57. The molecule has 1 unspecified atom stereocenters. The third-order valence-corrected chi connectivity index (χ3v) is 4.42. The molecule has 2 N–H and O–H groups in total. The molecule has 0 aliphatic rings. The minimum absolute atomic E-state index is 0.137. The van der Waals surface area contributed by atoms with Crippen LogP contribution in [0.15, 0.2) is 40.9 Å². The maximum atomic E-state index is 12.1. The Balaban J connectivity index is 1.85. The highest BCUT2D eigenvalue weighted by atomic mass is 79.9. The summed E-state index contributed by atoms with van der Waals surface area (Å²) >= 11 is 9.28. The van der Waals surface area contributed by atoms with Gasteiger partial charge < -0.3 is 15.4 Å². The summed E-state index contributed by atoms with van der Waals surface area (Å²) in [4.78, 5) is 24.2. The molecule has 0 aromatic heterocycles. The van der Waals surface area contributed by atoms with Gasteiger partial charge >= 0.3 is 0 Å². The molecule has 0 radical (unpaired) electrons. The lowest BCUT2D eigenvalue weighted by Gasteiger charge is -2.16. The van der Waals surface area contributed by atoms with Crippen LogP contribution in [0, 0.1) is 13.8 Å². The molecule has 7 heteroatoms.